The lowest BCUT2D eigenvalue weighted by atomic mass is 9.93. The highest BCUT2D eigenvalue weighted by atomic mass is 32.2. The lowest BCUT2D eigenvalue weighted by Gasteiger charge is -2.56. The molecule has 3 aromatic rings. The normalized spacial score (nSPS) is 20.9. The van der Waals surface area contributed by atoms with Crippen molar-refractivity contribution in [3.63, 3.8) is 0 Å². The van der Waals surface area contributed by atoms with E-state index >= 15 is 4.39 Å². The lowest BCUT2D eigenvalue weighted by molar-refractivity contribution is -0.193. The molecule has 46 heavy (non-hydrogen) atoms. The highest BCUT2D eigenvalue weighted by Gasteiger charge is 2.67. The van der Waals surface area contributed by atoms with Crippen LogP contribution in [0.3, 0.4) is 0 Å². The Hall–Kier alpha value is -4.48. The zero-order valence-electron chi connectivity index (χ0n) is 24.4. The van der Waals surface area contributed by atoms with Crippen LogP contribution in [0.1, 0.15) is 29.0 Å². The molecule has 14 nitrogen and oxygen atoms in total. The van der Waals surface area contributed by atoms with Gasteiger partial charge < -0.3 is 25.0 Å². The van der Waals surface area contributed by atoms with Gasteiger partial charge in [0.2, 0.25) is 11.1 Å². The number of amides is 2. The second-order valence-electron chi connectivity index (χ2n) is 10.7. The predicted octanol–water partition coefficient (Wildman–Crippen LogP) is 1.74. The third-order valence-corrected chi connectivity index (χ3v) is 10.5. The summed E-state index contributed by atoms with van der Waals surface area (Å²) in [5.41, 5.74) is -0.197. The van der Waals surface area contributed by atoms with Crippen LogP contribution in [0.4, 0.5) is 4.39 Å². The number of methoxy groups -OCH3 is 1. The van der Waals surface area contributed by atoms with Crippen LogP contribution in [0.5, 0.6) is 11.5 Å². The lowest BCUT2D eigenvalue weighted by Crippen LogP contribution is -2.81. The van der Waals surface area contributed by atoms with Gasteiger partial charge in [0.15, 0.2) is 5.92 Å². The van der Waals surface area contributed by atoms with Crippen LogP contribution < -0.4 is 10.1 Å². The molecule has 1 aliphatic carbocycles. The number of aryl methyl sites for hydroxylation is 3. The van der Waals surface area contributed by atoms with Crippen molar-refractivity contribution in [1.29, 1.82) is 0 Å². The molecule has 0 radical (unpaired) electrons. The van der Waals surface area contributed by atoms with E-state index in [1.165, 1.54) is 16.4 Å². The van der Waals surface area contributed by atoms with Gasteiger partial charge in [-0.3, -0.25) is 19.3 Å². The van der Waals surface area contributed by atoms with Crippen molar-refractivity contribution < 1.29 is 43.3 Å². The third-order valence-electron chi connectivity index (χ3n) is 7.98. The minimum atomic E-state index is -2.08. The fourth-order valence-corrected chi connectivity index (χ4v) is 8.14. The van der Waals surface area contributed by atoms with Crippen molar-refractivity contribution in [2.24, 2.45) is 7.05 Å². The van der Waals surface area contributed by atoms with E-state index in [4.69, 9.17) is 9.47 Å². The van der Waals surface area contributed by atoms with Crippen LogP contribution >= 0.6 is 23.5 Å². The van der Waals surface area contributed by atoms with Gasteiger partial charge in [-0.2, -0.15) is 0 Å². The van der Waals surface area contributed by atoms with Crippen LogP contribution in [0.25, 0.3) is 0 Å². The van der Waals surface area contributed by atoms with Crippen molar-refractivity contribution in [2.45, 2.75) is 41.4 Å². The van der Waals surface area contributed by atoms with Gasteiger partial charge >= 0.3 is 11.9 Å². The van der Waals surface area contributed by atoms with Gasteiger partial charge in [-0.25, -0.2) is 13.9 Å². The number of fused-ring (bicyclic) bond motifs is 2. The van der Waals surface area contributed by atoms with E-state index in [1.54, 1.807) is 19.2 Å². The number of phenols is 1. The Labute approximate surface area is 269 Å². The largest absolute Gasteiger partial charge is 0.508 e. The Balaban J connectivity index is 1.27. The highest BCUT2D eigenvalue weighted by molar-refractivity contribution is 8.01. The van der Waals surface area contributed by atoms with Crippen molar-refractivity contribution in [3.05, 3.63) is 70.2 Å². The van der Waals surface area contributed by atoms with E-state index in [0.29, 0.717) is 10.7 Å². The van der Waals surface area contributed by atoms with E-state index in [-0.39, 0.29) is 23.0 Å². The molecule has 0 saturated carbocycles. The summed E-state index contributed by atoms with van der Waals surface area (Å²) < 4.78 is 27.6. The second-order valence-corrected chi connectivity index (χ2v) is 12.8. The molecule has 1 fully saturated rings. The van der Waals surface area contributed by atoms with E-state index in [9.17, 15) is 29.4 Å². The molecule has 3 N–H and O–H groups in total. The number of carboxylic acid groups (broad SMARTS) is 1. The summed E-state index contributed by atoms with van der Waals surface area (Å²) in [5, 5.41) is 32.9. The molecule has 3 atom stereocenters. The number of carboxylic acids is 1. The molecule has 1 saturated heterocycles. The molecule has 1 aromatic heterocycles. The van der Waals surface area contributed by atoms with E-state index in [2.05, 4.69) is 20.8 Å². The van der Waals surface area contributed by atoms with Gasteiger partial charge in [-0.1, -0.05) is 23.9 Å². The number of esters is 1. The Kier molecular flexibility index (Phi) is 8.47. The number of nitrogens with zero attached hydrogens (tertiary/aromatic N) is 5. The monoisotopic (exact) mass is 670 g/mol. The summed E-state index contributed by atoms with van der Waals surface area (Å²) in [6.07, 6.45) is 2.66. The van der Waals surface area contributed by atoms with Gasteiger partial charge in [0.05, 0.1) is 0 Å². The van der Waals surface area contributed by atoms with Gasteiger partial charge in [-0.05, 0) is 64.6 Å². The first-order valence-corrected chi connectivity index (χ1v) is 16.0. The fraction of sp³-hybridized carbons (Fsp3) is 0.345. The van der Waals surface area contributed by atoms with E-state index in [0.717, 1.165) is 72.4 Å². The second kappa shape index (κ2) is 12.4. The van der Waals surface area contributed by atoms with Crippen LogP contribution in [-0.2, 0) is 43.8 Å². The van der Waals surface area contributed by atoms with Crippen LogP contribution in [0.15, 0.2) is 52.8 Å². The number of hydrogen-bond acceptors (Lipinski definition) is 12. The summed E-state index contributed by atoms with van der Waals surface area (Å²) in [6.45, 7) is 0. The molecule has 3 aliphatic rings. The first-order valence-electron chi connectivity index (χ1n) is 14.0. The van der Waals surface area contributed by atoms with Gasteiger partial charge in [0.1, 0.15) is 28.4 Å². The number of rotatable bonds is 10. The molecule has 2 amide bonds. The number of thioether (sulfide) groups is 2. The molecule has 0 spiro atoms. The number of ether oxygens (including phenoxy) is 2. The molecule has 2 aromatic carbocycles. The predicted molar refractivity (Wildman–Crippen MR) is 160 cm³/mol. The molecule has 2 aliphatic heterocycles. The maximum atomic E-state index is 15.1. The maximum absolute atomic E-state index is 15.1. The molecule has 240 valence electrons. The number of tetrazole rings is 1. The SMILES string of the molecule is CO[C@@]1(NC(=O)C(C(=O)Oc2ccc3c(c2)CCC3)c2ccc(O)cc2F)C(=O)N2C(C(=O)O)=C(CSc3nnnn3C)CS[C@H]21. The molecule has 1 unspecified atom stereocenters. The first-order chi connectivity index (χ1) is 22.0. The Bertz CT molecular complexity index is 1800. The summed E-state index contributed by atoms with van der Waals surface area (Å²) >= 11 is 2.33. The number of benzene rings is 2. The van der Waals surface area contributed by atoms with Gasteiger partial charge in [0, 0.05) is 37.3 Å². The smallest absolute Gasteiger partial charge is 0.352 e. The quantitative estimate of drug-likeness (QED) is 0.0708. The molecule has 17 heteroatoms. The third kappa shape index (κ3) is 5.47. The molecule has 6 rings (SSSR count). The number of nitrogens with one attached hydrogen (secondary N) is 1. The Morgan fingerprint density at radius 1 is 1.22 bits per heavy atom. The Morgan fingerprint density at radius 3 is 2.70 bits per heavy atom. The zero-order valence-corrected chi connectivity index (χ0v) is 26.1. The summed E-state index contributed by atoms with van der Waals surface area (Å²) in [6, 6.07) is 8.04. The maximum Gasteiger partial charge on any atom is 0.352 e. The number of aliphatic carboxylic acids is 1. The molecular weight excluding hydrogens is 643 g/mol. The van der Waals surface area contributed by atoms with Crippen molar-refractivity contribution in [2.75, 3.05) is 18.6 Å². The summed E-state index contributed by atoms with van der Waals surface area (Å²) in [4.78, 5) is 54.5. The number of aromatic nitrogens is 4. The van der Waals surface area contributed by atoms with Gasteiger partial charge in [0.25, 0.3) is 11.6 Å². The number of β-lactam (4-membered cyclic amide) rings is 1. The standard InChI is InChI=1S/C29H27FN6O8S2/c1-35-28(32-33-34-35)46-13-16-12-45-27-29(43-2,26(42)36(27)22(16)24(39)40)31-23(38)21(19-9-7-17(37)11-20(19)30)25(41)44-18-8-6-14-4-3-5-15(14)10-18/h6-11,21,27,37H,3-5,12-13H2,1-2H3,(H,31,38)(H,39,40)/t21?,27-,29-/m0/s1. The van der Waals surface area contributed by atoms with Crippen molar-refractivity contribution in [1.82, 2.24) is 30.4 Å². The van der Waals surface area contributed by atoms with Crippen LogP contribution in [-0.4, -0.2) is 88.8 Å². The summed E-state index contributed by atoms with van der Waals surface area (Å²) in [7, 11) is 2.79. The average Bonchev–Trinajstić information content (AvgIpc) is 3.67. The summed E-state index contributed by atoms with van der Waals surface area (Å²) in [5.74, 6) is -7.41. The zero-order chi connectivity index (χ0) is 32.7. The van der Waals surface area contributed by atoms with E-state index < -0.39 is 57.9 Å². The van der Waals surface area contributed by atoms with Crippen LogP contribution in [0.2, 0.25) is 0 Å². The molecule has 0 bridgehead atoms. The number of aromatic hydroxyl groups is 1. The topological polar surface area (TPSA) is 186 Å². The number of carbonyl (C=O) groups excluding carboxylic acids is 3. The number of phenolic OH excluding ortho intramolecular Hbond substituents is 1. The average molecular weight is 671 g/mol. The molecule has 3 heterocycles. The number of carbonyl (C=O) groups is 4. The number of hydrogen-bond donors (Lipinski definition) is 3. The minimum Gasteiger partial charge on any atom is -0.508 e. The van der Waals surface area contributed by atoms with Crippen LogP contribution in [0, 0.1) is 5.82 Å². The Morgan fingerprint density at radius 2 is 2.00 bits per heavy atom. The highest BCUT2D eigenvalue weighted by Crippen LogP contribution is 2.47. The minimum absolute atomic E-state index is 0.158. The van der Waals surface area contributed by atoms with E-state index in [1.807, 2.05) is 6.07 Å². The first kappa shape index (κ1) is 31.5. The molecular formula is C29H27FN6O8S2. The number of halogens is 1. The van der Waals surface area contributed by atoms with Gasteiger partial charge in [-0.15, -0.1) is 16.9 Å². The fourth-order valence-electron chi connectivity index (χ4n) is 5.72. The van der Waals surface area contributed by atoms with Crippen molar-refractivity contribution in [3.8, 4) is 11.5 Å². The van der Waals surface area contributed by atoms with Crippen molar-refractivity contribution >= 4 is 47.3 Å².